The van der Waals surface area contributed by atoms with Crippen LogP contribution in [0.15, 0.2) is 45.9 Å². The third-order valence-corrected chi connectivity index (χ3v) is 3.69. The minimum absolute atomic E-state index is 0.0740. The zero-order chi connectivity index (χ0) is 13.7. The molecule has 1 N–H and O–H groups in total. The number of rotatable bonds is 5. The van der Waals surface area contributed by atoms with Crippen LogP contribution in [0.1, 0.15) is 5.76 Å². The summed E-state index contributed by atoms with van der Waals surface area (Å²) in [6.07, 6.45) is 1.62. The number of carbonyl (C=O) groups is 1. The molecule has 0 spiro atoms. The van der Waals surface area contributed by atoms with E-state index in [2.05, 4.69) is 5.32 Å². The number of benzene rings is 1. The van der Waals surface area contributed by atoms with Gasteiger partial charge >= 0.3 is 0 Å². The van der Waals surface area contributed by atoms with Crippen molar-refractivity contribution in [1.82, 2.24) is 0 Å². The van der Waals surface area contributed by atoms with Crippen molar-refractivity contribution in [3.05, 3.63) is 42.4 Å². The number of furan rings is 1. The summed E-state index contributed by atoms with van der Waals surface area (Å²) in [5, 5.41) is 2.83. The zero-order valence-electron chi connectivity index (χ0n) is 10.8. The van der Waals surface area contributed by atoms with Crippen LogP contribution in [0.3, 0.4) is 0 Å². The minimum Gasteiger partial charge on any atom is -0.495 e. The van der Waals surface area contributed by atoms with E-state index in [4.69, 9.17) is 9.15 Å². The Bertz CT molecular complexity index is 565. The Hall–Kier alpha value is -1.88. The summed E-state index contributed by atoms with van der Waals surface area (Å²) >= 11 is 1.45. The maximum atomic E-state index is 11.9. The lowest BCUT2D eigenvalue weighted by Crippen LogP contribution is -2.14. The molecule has 2 aromatic rings. The molecule has 0 aliphatic carbocycles. The van der Waals surface area contributed by atoms with Gasteiger partial charge in [-0.15, -0.1) is 11.8 Å². The molecule has 1 heterocycles. The molecule has 0 aliphatic rings. The van der Waals surface area contributed by atoms with Crippen LogP contribution in [0.5, 0.6) is 5.75 Å². The second-order valence-corrected chi connectivity index (χ2v) is 4.90. The highest BCUT2D eigenvalue weighted by atomic mass is 32.2. The molecule has 0 saturated heterocycles. The van der Waals surface area contributed by atoms with Gasteiger partial charge in [0.2, 0.25) is 5.91 Å². The Labute approximate surface area is 116 Å². The van der Waals surface area contributed by atoms with Gasteiger partial charge < -0.3 is 14.5 Å². The first kappa shape index (κ1) is 13.5. The standard InChI is InChI=1S/C14H15NO3S/c1-10-13(7-8-18-10)19-9-14(16)15-11-5-3-4-6-12(11)17-2/h3-8H,9H2,1-2H3,(H,15,16). The van der Waals surface area contributed by atoms with Crippen molar-refractivity contribution in [2.45, 2.75) is 11.8 Å². The average Bonchev–Trinajstić information content (AvgIpc) is 2.82. The summed E-state index contributed by atoms with van der Waals surface area (Å²) in [4.78, 5) is 12.9. The molecule has 4 nitrogen and oxygen atoms in total. The smallest absolute Gasteiger partial charge is 0.234 e. The molecule has 0 bridgehead atoms. The van der Waals surface area contributed by atoms with Gasteiger partial charge in [0.05, 0.1) is 24.8 Å². The van der Waals surface area contributed by atoms with E-state index < -0.39 is 0 Å². The molecule has 0 fully saturated rings. The summed E-state index contributed by atoms with van der Waals surface area (Å²) in [5.74, 6) is 1.74. The van der Waals surface area contributed by atoms with E-state index in [1.807, 2.05) is 37.3 Å². The number of carbonyl (C=O) groups excluding carboxylic acids is 1. The van der Waals surface area contributed by atoms with Crippen molar-refractivity contribution in [1.29, 1.82) is 0 Å². The van der Waals surface area contributed by atoms with E-state index in [-0.39, 0.29) is 5.91 Å². The van der Waals surface area contributed by atoms with E-state index in [9.17, 15) is 4.79 Å². The van der Waals surface area contributed by atoms with E-state index in [0.717, 1.165) is 10.7 Å². The van der Waals surface area contributed by atoms with Crippen LogP contribution in [0, 0.1) is 6.92 Å². The molecule has 19 heavy (non-hydrogen) atoms. The van der Waals surface area contributed by atoms with Gasteiger partial charge in [0.1, 0.15) is 11.5 Å². The molecule has 1 aromatic carbocycles. The molecule has 0 aliphatic heterocycles. The van der Waals surface area contributed by atoms with Crippen molar-refractivity contribution in [3.8, 4) is 5.75 Å². The fourth-order valence-corrected chi connectivity index (χ4v) is 2.36. The van der Waals surface area contributed by atoms with Crippen molar-refractivity contribution >= 4 is 23.4 Å². The lowest BCUT2D eigenvalue weighted by molar-refractivity contribution is -0.113. The molecular weight excluding hydrogens is 262 g/mol. The molecule has 100 valence electrons. The second-order valence-electron chi connectivity index (χ2n) is 3.88. The van der Waals surface area contributed by atoms with E-state index >= 15 is 0 Å². The Morgan fingerprint density at radius 3 is 2.84 bits per heavy atom. The van der Waals surface area contributed by atoms with Gasteiger partial charge in [-0.25, -0.2) is 0 Å². The molecule has 0 radical (unpaired) electrons. The maximum Gasteiger partial charge on any atom is 0.234 e. The number of thioether (sulfide) groups is 1. The van der Waals surface area contributed by atoms with Crippen LogP contribution in [0.2, 0.25) is 0 Å². The van der Waals surface area contributed by atoms with Gasteiger partial charge in [-0.3, -0.25) is 4.79 Å². The van der Waals surface area contributed by atoms with Gasteiger partial charge in [-0.05, 0) is 25.1 Å². The fourth-order valence-electron chi connectivity index (χ4n) is 1.60. The fraction of sp³-hybridized carbons (Fsp3) is 0.214. The first-order chi connectivity index (χ1) is 9.20. The quantitative estimate of drug-likeness (QED) is 0.852. The number of anilines is 1. The van der Waals surface area contributed by atoms with Crippen LogP contribution < -0.4 is 10.1 Å². The van der Waals surface area contributed by atoms with Crippen molar-refractivity contribution < 1.29 is 13.9 Å². The van der Waals surface area contributed by atoms with Crippen LogP contribution in [-0.4, -0.2) is 18.8 Å². The second kappa shape index (κ2) is 6.33. The lowest BCUT2D eigenvalue weighted by atomic mass is 10.3. The van der Waals surface area contributed by atoms with E-state index in [1.54, 1.807) is 13.4 Å². The molecule has 5 heteroatoms. The monoisotopic (exact) mass is 277 g/mol. The normalized spacial score (nSPS) is 10.2. The summed E-state index contributed by atoms with van der Waals surface area (Å²) in [5.41, 5.74) is 0.680. The van der Waals surface area contributed by atoms with Crippen LogP contribution in [0.4, 0.5) is 5.69 Å². The number of ether oxygens (including phenoxy) is 1. The molecule has 0 unspecified atom stereocenters. The summed E-state index contributed by atoms with van der Waals surface area (Å²) in [7, 11) is 1.58. The number of hydrogen-bond acceptors (Lipinski definition) is 4. The third-order valence-electron chi connectivity index (χ3n) is 2.55. The number of methoxy groups -OCH3 is 1. The SMILES string of the molecule is COc1ccccc1NC(=O)CSc1ccoc1C. The number of aryl methyl sites for hydroxylation is 1. The van der Waals surface area contributed by atoms with Crippen LogP contribution >= 0.6 is 11.8 Å². The van der Waals surface area contributed by atoms with Crippen LogP contribution in [-0.2, 0) is 4.79 Å². The Morgan fingerprint density at radius 1 is 1.37 bits per heavy atom. The van der Waals surface area contributed by atoms with Crippen molar-refractivity contribution in [3.63, 3.8) is 0 Å². The zero-order valence-corrected chi connectivity index (χ0v) is 11.6. The first-order valence-electron chi connectivity index (χ1n) is 5.80. The molecule has 2 rings (SSSR count). The number of amides is 1. The first-order valence-corrected chi connectivity index (χ1v) is 6.79. The predicted octanol–water partition coefficient (Wildman–Crippen LogP) is 3.33. The highest BCUT2D eigenvalue weighted by Gasteiger charge is 2.09. The van der Waals surface area contributed by atoms with Gasteiger partial charge in [0.15, 0.2) is 0 Å². The molecule has 1 aromatic heterocycles. The van der Waals surface area contributed by atoms with E-state index in [0.29, 0.717) is 17.2 Å². The summed E-state index contributed by atoms with van der Waals surface area (Å²) in [6.45, 7) is 1.88. The predicted molar refractivity (Wildman–Crippen MR) is 75.8 cm³/mol. The van der Waals surface area contributed by atoms with Gasteiger partial charge in [-0.2, -0.15) is 0 Å². The third kappa shape index (κ3) is 3.54. The Kier molecular flexibility index (Phi) is 4.52. The average molecular weight is 277 g/mol. The Balaban J connectivity index is 1.93. The van der Waals surface area contributed by atoms with Gasteiger partial charge in [-0.1, -0.05) is 12.1 Å². The lowest BCUT2D eigenvalue weighted by Gasteiger charge is -2.09. The van der Waals surface area contributed by atoms with Gasteiger partial charge in [0, 0.05) is 4.90 Å². The Morgan fingerprint density at radius 2 is 2.16 bits per heavy atom. The number of para-hydroxylation sites is 2. The minimum atomic E-state index is -0.0740. The molecular formula is C14H15NO3S. The molecule has 1 amide bonds. The number of hydrogen-bond donors (Lipinski definition) is 1. The maximum absolute atomic E-state index is 11.9. The topological polar surface area (TPSA) is 51.5 Å². The number of nitrogens with one attached hydrogen (secondary N) is 1. The van der Waals surface area contributed by atoms with Crippen molar-refractivity contribution in [2.24, 2.45) is 0 Å². The highest BCUT2D eigenvalue weighted by molar-refractivity contribution is 8.00. The van der Waals surface area contributed by atoms with Crippen molar-refractivity contribution in [2.75, 3.05) is 18.2 Å². The summed E-state index contributed by atoms with van der Waals surface area (Å²) in [6, 6.07) is 9.19. The summed E-state index contributed by atoms with van der Waals surface area (Å²) < 4.78 is 10.4. The molecule has 0 saturated carbocycles. The van der Waals surface area contributed by atoms with Gasteiger partial charge in [0.25, 0.3) is 0 Å². The largest absolute Gasteiger partial charge is 0.495 e. The highest BCUT2D eigenvalue weighted by Crippen LogP contribution is 2.25. The van der Waals surface area contributed by atoms with Crippen LogP contribution in [0.25, 0.3) is 0 Å². The molecule has 0 atom stereocenters. The van der Waals surface area contributed by atoms with E-state index in [1.165, 1.54) is 11.8 Å².